The molecule has 0 spiro atoms. The molecule has 1 aromatic carbocycles. The number of aliphatic hydroxyl groups is 1. The maximum atomic E-state index is 12.9. The number of nitrogens with zero attached hydrogens (tertiary/aromatic N) is 2. The first-order valence-electron chi connectivity index (χ1n) is 8.67. The van der Waals surface area contributed by atoms with Crippen molar-refractivity contribution in [2.24, 2.45) is 0 Å². The van der Waals surface area contributed by atoms with Crippen LogP contribution in [-0.2, 0) is 16.1 Å². The summed E-state index contributed by atoms with van der Waals surface area (Å²) in [6.07, 6.45) is 6.18. The van der Waals surface area contributed by atoms with Crippen LogP contribution in [0.4, 0.5) is 4.39 Å². The molecule has 0 aromatic heterocycles. The molecule has 0 unspecified atom stereocenters. The van der Waals surface area contributed by atoms with Gasteiger partial charge in [0.05, 0.1) is 0 Å². The van der Waals surface area contributed by atoms with Gasteiger partial charge in [0, 0.05) is 44.9 Å². The normalized spacial score (nSPS) is 16.6. The lowest BCUT2D eigenvalue weighted by Crippen LogP contribution is -2.47. The highest BCUT2D eigenvalue weighted by Crippen LogP contribution is 2.27. The van der Waals surface area contributed by atoms with E-state index in [0.29, 0.717) is 31.5 Å². The van der Waals surface area contributed by atoms with Crippen LogP contribution < -0.4 is 5.32 Å². The fourth-order valence-corrected chi connectivity index (χ4v) is 2.86. The summed E-state index contributed by atoms with van der Waals surface area (Å²) in [5.41, 5.74) is 1.49. The Hall–Kier alpha value is -3.09. The molecule has 27 heavy (non-hydrogen) atoms. The molecule has 2 aliphatic rings. The van der Waals surface area contributed by atoms with Crippen molar-refractivity contribution in [2.45, 2.75) is 19.9 Å². The fourth-order valence-electron chi connectivity index (χ4n) is 2.86. The second-order valence-corrected chi connectivity index (χ2v) is 6.13. The third-order valence-electron chi connectivity index (χ3n) is 4.13. The number of nitrogens with one attached hydrogen (secondary N) is 1. The van der Waals surface area contributed by atoms with E-state index in [9.17, 15) is 19.1 Å². The highest BCUT2D eigenvalue weighted by atomic mass is 19.1. The van der Waals surface area contributed by atoms with Crippen molar-refractivity contribution >= 4 is 12.2 Å². The number of carbonyl (C=O) groups is 2. The smallest absolute Gasteiger partial charge is 0.274 e. The van der Waals surface area contributed by atoms with Gasteiger partial charge in [-0.25, -0.2) is 4.39 Å². The van der Waals surface area contributed by atoms with Crippen LogP contribution in [0.25, 0.3) is 0 Å². The van der Waals surface area contributed by atoms with E-state index in [0.717, 1.165) is 5.56 Å². The fraction of sp³-hybridized carbons (Fsp3) is 0.300. The molecule has 2 aliphatic heterocycles. The Labute approximate surface area is 158 Å². The molecule has 0 aliphatic carbocycles. The van der Waals surface area contributed by atoms with E-state index < -0.39 is 0 Å². The molecule has 7 heteroatoms. The van der Waals surface area contributed by atoms with Gasteiger partial charge in [-0.05, 0) is 30.8 Å². The standard InChI is InChI=1S/C16H15FN2O3.C4H9N/c17-13-3-1-11(2-4-13)8-19-6-5-18-9-12(10-20)7-14(21)15(18)16(19)22;1-3-4-5-2/h1-4,9-10,21H,5-8H2;3-5H,1-2H3/b;4-3+. The Kier molecular flexibility index (Phi) is 7.16. The minimum atomic E-state index is -0.320. The molecular formula is C20H24FN3O3. The minimum absolute atomic E-state index is 0.0749. The lowest BCUT2D eigenvalue weighted by molar-refractivity contribution is -0.132. The maximum absolute atomic E-state index is 12.9. The van der Waals surface area contributed by atoms with Gasteiger partial charge >= 0.3 is 0 Å². The number of amides is 1. The molecule has 2 heterocycles. The quantitative estimate of drug-likeness (QED) is 0.794. The van der Waals surface area contributed by atoms with Crippen LogP contribution in [0.1, 0.15) is 18.9 Å². The van der Waals surface area contributed by atoms with Gasteiger partial charge in [0.25, 0.3) is 5.91 Å². The molecule has 144 valence electrons. The SMILES string of the molecule is C/C=C/NC.O=CC1=CN2CCN(Cc3ccc(F)cc3)C(=O)C2=C(O)C1. The Morgan fingerprint density at radius 2 is 1.96 bits per heavy atom. The van der Waals surface area contributed by atoms with Crippen molar-refractivity contribution in [2.75, 3.05) is 20.1 Å². The van der Waals surface area contributed by atoms with Gasteiger partial charge in [0.15, 0.2) is 0 Å². The van der Waals surface area contributed by atoms with E-state index in [2.05, 4.69) is 5.32 Å². The van der Waals surface area contributed by atoms with E-state index >= 15 is 0 Å². The average Bonchev–Trinajstić information content (AvgIpc) is 2.66. The molecule has 0 saturated carbocycles. The molecule has 6 nitrogen and oxygen atoms in total. The van der Waals surface area contributed by atoms with E-state index in [1.54, 1.807) is 28.1 Å². The highest BCUT2D eigenvalue weighted by Gasteiger charge is 2.33. The number of hydrogen-bond donors (Lipinski definition) is 2. The van der Waals surface area contributed by atoms with Crippen molar-refractivity contribution in [3.63, 3.8) is 0 Å². The maximum Gasteiger partial charge on any atom is 0.274 e. The predicted molar refractivity (Wildman–Crippen MR) is 101 cm³/mol. The van der Waals surface area contributed by atoms with Crippen molar-refractivity contribution in [1.82, 2.24) is 15.1 Å². The van der Waals surface area contributed by atoms with Crippen molar-refractivity contribution in [1.29, 1.82) is 0 Å². The minimum Gasteiger partial charge on any atom is -0.510 e. The third kappa shape index (κ3) is 5.20. The highest BCUT2D eigenvalue weighted by molar-refractivity contribution is 5.95. The summed E-state index contributed by atoms with van der Waals surface area (Å²) in [6.45, 7) is 3.30. The lowest BCUT2D eigenvalue weighted by Gasteiger charge is -2.38. The topological polar surface area (TPSA) is 72.9 Å². The van der Waals surface area contributed by atoms with Gasteiger partial charge in [-0.3, -0.25) is 9.59 Å². The zero-order valence-electron chi connectivity index (χ0n) is 15.5. The number of aliphatic hydroxyl groups excluding tert-OH is 1. The van der Waals surface area contributed by atoms with E-state index in [1.807, 2.05) is 26.2 Å². The van der Waals surface area contributed by atoms with Crippen molar-refractivity contribution < 1.29 is 19.1 Å². The van der Waals surface area contributed by atoms with Crippen molar-refractivity contribution in [3.8, 4) is 0 Å². The molecule has 1 fully saturated rings. The lowest BCUT2D eigenvalue weighted by atomic mass is 10.0. The van der Waals surface area contributed by atoms with Gasteiger partial charge in [-0.1, -0.05) is 18.2 Å². The van der Waals surface area contributed by atoms with Gasteiger partial charge in [0.1, 0.15) is 23.6 Å². The van der Waals surface area contributed by atoms with E-state index in [-0.39, 0.29) is 29.6 Å². The van der Waals surface area contributed by atoms with Gasteiger partial charge in [-0.2, -0.15) is 0 Å². The zero-order chi connectivity index (χ0) is 19.8. The number of fused-ring (bicyclic) bond motifs is 1. The summed E-state index contributed by atoms with van der Waals surface area (Å²) in [5, 5.41) is 12.9. The number of piperazine rings is 1. The summed E-state index contributed by atoms with van der Waals surface area (Å²) in [5.74, 6) is -0.688. The van der Waals surface area contributed by atoms with Gasteiger partial charge < -0.3 is 20.2 Å². The first kappa shape index (κ1) is 20.2. The predicted octanol–water partition coefficient (Wildman–Crippen LogP) is 2.47. The molecule has 1 amide bonds. The third-order valence-corrected chi connectivity index (χ3v) is 4.13. The van der Waals surface area contributed by atoms with Crippen molar-refractivity contribution in [3.05, 3.63) is 71.2 Å². The van der Waals surface area contributed by atoms with Crippen LogP contribution >= 0.6 is 0 Å². The Balaban J connectivity index is 0.000000465. The number of hydrogen-bond acceptors (Lipinski definition) is 5. The summed E-state index contributed by atoms with van der Waals surface area (Å²) in [7, 11) is 1.88. The number of halogens is 1. The van der Waals surface area contributed by atoms with Crippen LogP contribution in [-0.4, -0.2) is 47.2 Å². The first-order chi connectivity index (χ1) is 13.0. The first-order valence-corrected chi connectivity index (χ1v) is 8.67. The van der Waals surface area contributed by atoms with Gasteiger partial charge in [-0.15, -0.1) is 0 Å². The number of aldehydes is 1. The molecule has 0 radical (unpaired) electrons. The second kappa shape index (κ2) is 9.56. The van der Waals surface area contributed by atoms with E-state index in [1.165, 1.54) is 12.1 Å². The summed E-state index contributed by atoms with van der Waals surface area (Å²) < 4.78 is 12.9. The number of benzene rings is 1. The largest absolute Gasteiger partial charge is 0.510 e. The van der Waals surface area contributed by atoms with Crippen LogP contribution in [0.3, 0.4) is 0 Å². The molecule has 0 atom stereocenters. The van der Waals surface area contributed by atoms with E-state index in [4.69, 9.17) is 0 Å². The van der Waals surface area contributed by atoms with Crippen LogP contribution in [0.15, 0.2) is 59.8 Å². The number of carbonyl (C=O) groups excluding carboxylic acids is 2. The zero-order valence-corrected chi connectivity index (χ0v) is 15.5. The Morgan fingerprint density at radius 1 is 1.26 bits per heavy atom. The van der Waals surface area contributed by atoms with Gasteiger partial charge in [0.2, 0.25) is 0 Å². The second-order valence-electron chi connectivity index (χ2n) is 6.13. The number of rotatable bonds is 4. The number of allylic oxidation sites excluding steroid dienone is 2. The summed E-state index contributed by atoms with van der Waals surface area (Å²) >= 11 is 0. The summed E-state index contributed by atoms with van der Waals surface area (Å²) in [4.78, 5) is 26.6. The monoisotopic (exact) mass is 373 g/mol. The summed E-state index contributed by atoms with van der Waals surface area (Å²) in [6, 6.07) is 5.97. The Bertz CT molecular complexity index is 769. The Morgan fingerprint density at radius 3 is 2.52 bits per heavy atom. The average molecular weight is 373 g/mol. The molecule has 2 N–H and O–H groups in total. The molecule has 1 aromatic rings. The molecule has 0 bridgehead atoms. The molecule has 1 saturated heterocycles. The van der Waals surface area contributed by atoms with Crippen LogP contribution in [0.2, 0.25) is 0 Å². The van der Waals surface area contributed by atoms with Crippen LogP contribution in [0.5, 0.6) is 0 Å². The molecule has 3 rings (SSSR count). The molecular weight excluding hydrogens is 349 g/mol. The van der Waals surface area contributed by atoms with Crippen LogP contribution in [0, 0.1) is 5.82 Å².